The number of aromatic nitrogens is 4. The van der Waals surface area contributed by atoms with Gasteiger partial charge in [-0.05, 0) is 44.4 Å². The lowest BCUT2D eigenvalue weighted by atomic mass is 9.92. The van der Waals surface area contributed by atoms with Crippen LogP contribution in [0.2, 0.25) is 0 Å². The third kappa shape index (κ3) is 4.09. The van der Waals surface area contributed by atoms with Crippen molar-refractivity contribution in [3.63, 3.8) is 0 Å². The van der Waals surface area contributed by atoms with E-state index in [1.54, 1.807) is 28.2 Å². The van der Waals surface area contributed by atoms with Gasteiger partial charge in [0.1, 0.15) is 5.75 Å². The lowest BCUT2D eigenvalue weighted by molar-refractivity contribution is 0.175. The number of ether oxygens (including phenoxy) is 2. The van der Waals surface area contributed by atoms with E-state index in [9.17, 15) is 9.90 Å². The Kier molecular flexibility index (Phi) is 5.85. The van der Waals surface area contributed by atoms with Crippen molar-refractivity contribution in [2.75, 3.05) is 18.6 Å². The summed E-state index contributed by atoms with van der Waals surface area (Å²) in [6.07, 6.45) is 8.05. The smallest absolute Gasteiger partial charge is 0.414 e. The molecule has 4 rings (SSSR count). The fourth-order valence-electron chi connectivity index (χ4n) is 3.78. The van der Waals surface area contributed by atoms with Crippen LogP contribution in [0.5, 0.6) is 11.8 Å². The molecule has 1 aromatic carbocycles. The maximum absolute atomic E-state index is 12.5. The zero-order chi connectivity index (χ0) is 22.0. The van der Waals surface area contributed by atoms with Crippen LogP contribution in [0.3, 0.4) is 0 Å². The van der Waals surface area contributed by atoms with E-state index >= 15 is 0 Å². The molecule has 2 aromatic heterocycles. The second-order valence-electron chi connectivity index (χ2n) is 7.53. The van der Waals surface area contributed by atoms with Gasteiger partial charge in [-0.3, -0.25) is 9.58 Å². The van der Waals surface area contributed by atoms with Gasteiger partial charge in [-0.25, -0.2) is 14.8 Å². The first-order chi connectivity index (χ1) is 15.0. The number of benzene rings is 1. The van der Waals surface area contributed by atoms with Crippen LogP contribution in [0.4, 0.5) is 10.5 Å². The van der Waals surface area contributed by atoms with Crippen molar-refractivity contribution < 1.29 is 19.4 Å². The summed E-state index contributed by atoms with van der Waals surface area (Å²) in [5.41, 5.74) is 4.21. The number of aryl methyl sites for hydroxylation is 1. The Labute approximate surface area is 180 Å². The maximum Gasteiger partial charge on any atom is 0.414 e. The highest BCUT2D eigenvalue weighted by atomic mass is 16.5. The molecule has 0 radical (unpaired) electrons. The third-order valence-electron chi connectivity index (χ3n) is 5.34. The van der Waals surface area contributed by atoms with Crippen LogP contribution in [0.25, 0.3) is 11.1 Å². The standard InChI is InChI=1S/C22H25N5O4/c1-14-10-23-21(24-11-14)31-20-17(16-12-25-26(13-16)8-9-28)6-7-19-18(20)5-4-15(2)27(19)22(29)30-3/h6-7,10-13,15,28H,4-5,8-9H2,1-3H3. The lowest BCUT2D eigenvalue weighted by Crippen LogP contribution is -2.42. The Balaban J connectivity index is 1.85. The van der Waals surface area contributed by atoms with Gasteiger partial charge >= 0.3 is 12.1 Å². The molecular formula is C22H25N5O4. The molecule has 0 fully saturated rings. The summed E-state index contributed by atoms with van der Waals surface area (Å²) in [5.74, 6) is 0.589. The molecule has 1 aliphatic heterocycles. The van der Waals surface area contributed by atoms with Crippen molar-refractivity contribution in [3.8, 4) is 22.9 Å². The van der Waals surface area contributed by atoms with Gasteiger partial charge in [0.05, 0.1) is 32.1 Å². The number of rotatable bonds is 5. The molecule has 31 heavy (non-hydrogen) atoms. The van der Waals surface area contributed by atoms with Crippen molar-refractivity contribution in [2.45, 2.75) is 39.3 Å². The van der Waals surface area contributed by atoms with Crippen LogP contribution in [0, 0.1) is 6.92 Å². The number of amides is 1. The molecule has 3 aromatic rings. The summed E-state index contributed by atoms with van der Waals surface area (Å²) in [6, 6.07) is 4.04. The molecule has 3 heterocycles. The molecule has 1 atom stereocenters. The minimum Gasteiger partial charge on any atom is -0.452 e. The van der Waals surface area contributed by atoms with E-state index in [2.05, 4.69) is 15.1 Å². The maximum atomic E-state index is 12.5. The summed E-state index contributed by atoms with van der Waals surface area (Å²) in [6.45, 7) is 4.30. The number of aliphatic hydroxyl groups is 1. The number of nitrogens with zero attached hydrogens (tertiary/aromatic N) is 5. The van der Waals surface area contributed by atoms with Gasteiger partial charge < -0.3 is 14.6 Å². The molecule has 1 amide bonds. The normalized spacial score (nSPS) is 15.5. The minimum atomic E-state index is -0.408. The number of hydrogen-bond donors (Lipinski definition) is 1. The van der Waals surface area contributed by atoms with E-state index in [0.29, 0.717) is 12.3 Å². The molecule has 0 saturated carbocycles. The molecule has 0 spiro atoms. The first-order valence-corrected chi connectivity index (χ1v) is 10.1. The number of carbonyl (C=O) groups is 1. The third-order valence-corrected chi connectivity index (χ3v) is 5.34. The first-order valence-electron chi connectivity index (χ1n) is 10.1. The first kappa shape index (κ1) is 20.8. The van der Waals surface area contributed by atoms with Crippen molar-refractivity contribution in [3.05, 3.63) is 48.0 Å². The topological polar surface area (TPSA) is 103 Å². The van der Waals surface area contributed by atoms with Gasteiger partial charge in [-0.1, -0.05) is 0 Å². The Bertz CT molecular complexity index is 1080. The van der Waals surface area contributed by atoms with Gasteiger partial charge in [-0.2, -0.15) is 5.10 Å². The van der Waals surface area contributed by atoms with Gasteiger partial charge in [0.25, 0.3) is 0 Å². The molecule has 1 unspecified atom stereocenters. The molecule has 1 N–H and O–H groups in total. The van der Waals surface area contributed by atoms with Gasteiger partial charge in [-0.15, -0.1) is 0 Å². The monoisotopic (exact) mass is 423 g/mol. The van der Waals surface area contributed by atoms with Crippen molar-refractivity contribution >= 4 is 11.8 Å². The highest BCUT2D eigenvalue weighted by Gasteiger charge is 2.32. The zero-order valence-electron chi connectivity index (χ0n) is 17.8. The Morgan fingerprint density at radius 1 is 1.26 bits per heavy atom. The van der Waals surface area contributed by atoms with Crippen LogP contribution >= 0.6 is 0 Å². The summed E-state index contributed by atoms with van der Waals surface area (Å²) >= 11 is 0. The number of carbonyl (C=O) groups excluding carboxylic acids is 1. The average Bonchev–Trinajstić information content (AvgIpc) is 3.23. The summed E-state index contributed by atoms with van der Waals surface area (Å²) < 4.78 is 12.9. The predicted molar refractivity (Wildman–Crippen MR) is 114 cm³/mol. The van der Waals surface area contributed by atoms with E-state index in [-0.39, 0.29) is 18.7 Å². The van der Waals surface area contributed by atoms with E-state index in [1.165, 1.54) is 7.11 Å². The number of methoxy groups -OCH3 is 1. The van der Waals surface area contributed by atoms with E-state index in [1.807, 2.05) is 32.2 Å². The van der Waals surface area contributed by atoms with Crippen molar-refractivity contribution in [1.82, 2.24) is 19.7 Å². The Morgan fingerprint density at radius 3 is 2.74 bits per heavy atom. The largest absolute Gasteiger partial charge is 0.452 e. The summed E-state index contributed by atoms with van der Waals surface area (Å²) in [4.78, 5) is 22.7. The van der Waals surface area contributed by atoms with Crippen LogP contribution in [0.1, 0.15) is 24.5 Å². The van der Waals surface area contributed by atoms with Crippen LogP contribution in [0.15, 0.2) is 36.9 Å². The fourth-order valence-corrected chi connectivity index (χ4v) is 3.78. The number of aliphatic hydroxyl groups excluding tert-OH is 1. The molecule has 9 nitrogen and oxygen atoms in total. The Hall–Kier alpha value is -3.46. The van der Waals surface area contributed by atoms with Crippen LogP contribution < -0.4 is 9.64 Å². The quantitative estimate of drug-likeness (QED) is 0.671. The molecule has 9 heteroatoms. The van der Waals surface area contributed by atoms with Crippen molar-refractivity contribution in [2.24, 2.45) is 0 Å². The van der Waals surface area contributed by atoms with E-state index in [4.69, 9.17) is 9.47 Å². The molecule has 0 aliphatic carbocycles. The average molecular weight is 423 g/mol. The van der Waals surface area contributed by atoms with E-state index < -0.39 is 6.09 Å². The zero-order valence-corrected chi connectivity index (χ0v) is 17.8. The minimum absolute atomic E-state index is 0.00146. The Morgan fingerprint density at radius 2 is 2.03 bits per heavy atom. The number of fused-ring (bicyclic) bond motifs is 1. The van der Waals surface area contributed by atoms with Crippen LogP contribution in [-0.2, 0) is 17.7 Å². The van der Waals surface area contributed by atoms with Gasteiger partial charge in [0, 0.05) is 41.3 Å². The second-order valence-corrected chi connectivity index (χ2v) is 7.53. The number of anilines is 1. The lowest BCUT2D eigenvalue weighted by Gasteiger charge is -2.35. The molecule has 162 valence electrons. The summed E-state index contributed by atoms with van der Waals surface area (Å²) in [7, 11) is 1.38. The highest BCUT2D eigenvalue weighted by molar-refractivity contribution is 5.92. The van der Waals surface area contributed by atoms with Crippen molar-refractivity contribution in [1.29, 1.82) is 0 Å². The second kappa shape index (κ2) is 8.73. The molecule has 0 saturated heterocycles. The SMILES string of the molecule is COC(=O)N1c2ccc(-c3cnn(CCO)c3)c(Oc3ncc(C)cn3)c2CCC1C. The summed E-state index contributed by atoms with van der Waals surface area (Å²) in [5, 5.41) is 13.5. The fraction of sp³-hybridized carbons (Fsp3) is 0.364. The predicted octanol–water partition coefficient (Wildman–Crippen LogP) is 3.34. The van der Waals surface area contributed by atoms with Gasteiger partial charge in [0.15, 0.2) is 0 Å². The molecule has 0 bridgehead atoms. The number of hydrogen-bond acceptors (Lipinski definition) is 7. The highest BCUT2D eigenvalue weighted by Crippen LogP contribution is 2.44. The van der Waals surface area contributed by atoms with Crippen LogP contribution in [-0.4, -0.2) is 50.7 Å². The van der Waals surface area contributed by atoms with E-state index in [0.717, 1.165) is 40.8 Å². The van der Waals surface area contributed by atoms with Gasteiger partial charge in [0.2, 0.25) is 0 Å². The molecular weight excluding hydrogens is 398 g/mol. The molecule has 1 aliphatic rings.